The first-order valence-corrected chi connectivity index (χ1v) is 21.7. The van der Waals surface area contributed by atoms with E-state index in [2.05, 4.69) is 218 Å². The summed E-state index contributed by atoms with van der Waals surface area (Å²) in [6.45, 7) is 2.25. The highest BCUT2D eigenvalue weighted by Gasteiger charge is 2.52. The fourth-order valence-electron chi connectivity index (χ4n) is 10.9. The summed E-state index contributed by atoms with van der Waals surface area (Å²) in [4.78, 5) is 2.58. The van der Waals surface area contributed by atoms with Crippen molar-refractivity contribution in [2.45, 2.75) is 12.3 Å². The molecule has 1 spiro atoms. The predicted molar refractivity (Wildman–Crippen MR) is 255 cm³/mol. The summed E-state index contributed by atoms with van der Waals surface area (Å²) in [5, 5.41) is 7.69. The Bertz CT molecular complexity index is 3520. The van der Waals surface area contributed by atoms with Gasteiger partial charge in [0.2, 0.25) is 0 Å². The van der Waals surface area contributed by atoms with Gasteiger partial charge in [-0.15, -0.1) is 11.3 Å². The number of nitrogens with zero attached hydrogens (tertiary/aromatic N) is 1. The second-order valence-corrected chi connectivity index (χ2v) is 17.4. The molecular weight excluding hydrogens is 743 g/mol. The number of hydrogen-bond acceptors (Lipinski definition) is 2. The average molecular weight is 780 g/mol. The van der Waals surface area contributed by atoms with Gasteiger partial charge in [0.15, 0.2) is 0 Å². The third-order valence-corrected chi connectivity index (χ3v) is 14.7. The molecule has 0 unspecified atom stereocenters. The van der Waals surface area contributed by atoms with E-state index in [0.29, 0.717) is 0 Å². The van der Waals surface area contributed by atoms with Gasteiger partial charge < -0.3 is 4.90 Å². The highest BCUT2D eigenvalue weighted by Crippen LogP contribution is 2.65. The fourth-order valence-corrected chi connectivity index (χ4v) is 12.2. The van der Waals surface area contributed by atoms with E-state index < -0.39 is 5.41 Å². The van der Waals surface area contributed by atoms with Gasteiger partial charge in [-0.25, -0.2) is 0 Å². The summed E-state index contributed by atoms with van der Waals surface area (Å²) < 4.78 is 2.64. The zero-order chi connectivity index (χ0) is 39.5. The molecule has 10 aromatic carbocycles. The first kappa shape index (κ1) is 33.7. The number of anilines is 3. The molecule has 280 valence electrons. The van der Waals surface area contributed by atoms with Crippen molar-refractivity contribution in [2.75, 3.05) is 4.90 Å². The largest absolute Gasteiger partial charge is 0.308 e. The summed E-state index contributed by atoms with van der Waals surface area (Å²) >= 11 is 1.93. The van der Waals surface area contributed by atoms with Crippen LogP contribution in [0.2, 0.25) is 0 Å². The van der Waals surface area contributed by atoms with Crippen LogP contribution in [0.3, 0.4) is 0 Å². The molecule has 2 aliphatic carbocycles. The van der Waals surface area contributed by atoms with Gasteiger partial charge in [-0.3, -0.25) is 0 Å². The molecule has 60 heavy (non-hydrogen) atoms. The lowest BCUT2D eigenvalue weighted by Crippen LogP contribution is -2.26. The Labute approximate surface area is 353 Å². The Balaban J connectivity index is 1.13. The Morgan fingerprint density at radius 1 is 0.400 bits per heavy atom. The van der Waals surface area contributed by atoms with Crippen molar-refractivity contribution in [3.8, 4) is 33.4 Å². The number of benzene rings is 10. The molecule has 2 heteroatoms. The molecule has 1 aromatic heterocycles. The number of thiophene rings is 1. The van der Waals surface area contributed by atoms with Crippen molar-refractivity contribution in [3.05, 3.63) is 234 Å². The average Bonchev–Trinajstić information content (AvgIpc) is 3.95. The van der Waals surface area contributed by atoms with E-state index in [0.717, 1.165) is 5.69 Å². The molecule has 0 fully saturated rings. The van der Waals surface area contributed by atoms with Crippen LogP contribution in [0.25, 0.3) is 75.1 Å². The lowest BCUT2D eigenvalue weighted by atomic mass is 9.70. The van der Waals surface area contributed by atoms with Gasteiger partial charge in [0.1, 0.15) is 0 Å². The normalized spacial score (nSPS) is 13.2. The maximum Gasteiger partial charge on any atom is 0.0726 e. The van der Waals surface area contributed by atoms with Gasteiger partial charge in [-0.05, 0) is 108 Å². The minimum atomic E-state index is -0.438. The molecule has 0 saturated heterocycles. The van der Waals surface area contributed by atoms with E-state index >= 15 is 0 Å². The molecule has 11 aromatic rings. The predicted octanol–water partition coefficient (Wildman–Crippen LogP) is 16.1. The van der Waals surface area contributed by atoms with Crippen LogP contribution < -0.4 is 4.90 Å². The van der Waals surface area contributed by atoms with Gasteiger partial charge >= 0.3 is 0 Å². The highest BCUT2D eigenvalue weighted by atomic mass is 32.1. The van der Waals surface area contributed by atoms with Crippen LogP contribution in [0.15, 0.2) is 206 Å². The van der Waals surface area contributed by atoms with E-state index in [1.165, 1.54) is 114 Å². The molecule has 0 aliphatic heterocycles. The van der Waals surface area contributed by atoms with E-state index in [9.17, 15) is 0 Å². The van der Waals surface area contributed by atoms with Crippen molar-refractivity contribution >= 4 is 70.1 Å². The standard InChI is InChI=1S/C58H37NS/c1-36-15-12-25-47-54-43-20-5-3-17-39(43)35-53(57(54)60-56(36)47)59(40-33-31-38(32-34-40)42-24-13-18-37-16-2-4-19-41(37)42)52-30-14-29-51-55(52)46-23-8-11-28-50(46)58(51)48-26-9-6-21-44(48)45-22-7-10-27-49(45)58/h2-35H,1H3. The molecule has 13 rings (SSSR count). The van der Waals surface area contributed by atoms with Crippen LogP contribution in [-0.2, 0) is 5.41 Å². The lowest BCUT2D eigenvalue weighted by molar-refractivity contribution is 0.794. The summed E-state index contributed by atoms with van der Waals surface area (Å²) in [6, 6.07) is 77.2. The van der Waals surface area contributed by atoms with Crippen molar-refractivity contribution in [3.63, 3.8) is 0 Å². The highest BCUT2D eigenvalue weighted by molar-refractivity contribution is 7.26. The first-order chi connectivity index (χ1) is 29.7. The van der Waals surface area contributed by atoms with Gasteiger partial charge in [-0.1, -0.05) is 182 Å². The van der Waals surface area contributed by atoms with Gasteiger partial charge in [0, 0.05) is 26.7 Å². The molecule has 1 nitrogen and oxygen atoms in total. The molecule has 0 atom stereocenters. The van der Waals surface area contributed by atoms with Gasteiger partial charge in [0.05, 0.1) is 21.5 Å². The van der Waals surface area contributed by atoms with Gasteiger partial charge in [0.25, 0.3) is 0 Å². The van der Waals surface area contributed by atoms with Crippen molar-refractivity contribution < 1.29 is 0 Å². The maximum absolute atomic E-state index is 2.58. The second-order valence-electron chi connectivity index (χ2n) is 16.4. The lowest BCUT2D eigenvalue weighted by Gasteiger charge is -2.32. The number of rotatable bonds is 4. The first-order valence-electron chi connectivity index (χ1n) is 20.8. The molecule has 1 heterocycles. The third kappa shape index (κ3) is 4.46. The van der Waals surface area contributed by atoms with Crippen LogP contribution in [0.4, 0.5) is 17.1 Å². The van der Waals surface area contributed by atoms with Crippen LogP contribution in [0.5, 0.6) is 0 Å². The Morgan fingerprint density at radius 3 is 1.72 bits per heavy atom. The topological polar surface area (TPSA) is 3.24 Å². The Morgan fingerprint density at radius 2 is 0.950 bits per heavy atom. The smallest absolute Gasteiger partial charge is 0.0726 e. The molecule has 0 radical (unpaired) electrons. The van der Waals surface area contributed by atoms with Crippen molar-refractivity contribution in [2.24, 2.45) is 0 Å². The van der Waals surface area contributed by atoms with Crippen molar-refractivity contribution in [1.29, 1.82) is 0 Å². The zero-order valence-corrected chi connectivity index (χ0v) is 33.8. The van der Waals surface area contributed by atoms with E-state index in [1.807, 2.05) is 11.3 Å². The summed E-state index contributed by atoms with van der Waals surface area (Å²) in [7, 11) is 0. The third-order valence-electron chi connectivity index (χ3n) is 13.4. The van der Waals surface area contributed by atoms with Crippen LogP contribution in [0.1, 0.15) is 27.8 Å². The Hall–Kier alpha value is -7.26. The van der Waals surface area contributed by atoms with Crippen LogP contribution in [0, 0.1) is 6.92 Å². The maximum atomic E-state index is 2.58. The van der Waals surface area contributed by atoms with Crippen LogP contribution in [-0.4, -0.2) is 0 Å². The molecular formula is C58H37NS. The van der Waals surface area contributed by atoms with Gasteiger partial charge in [-0.2, -0.15) is 0 Å². The zero-order valence-electron chi connectivity index (χ0n) is 33.0. The molecule has 0 bridgehead atoms. The Kier molecular flexibility index (Phi) is 7.09. The quantitative estimate of drug-likeness (QED) is 0.172. The fraction of sp³-hybridized carbons (Fsp3) is 0.0345. The monoisotopic (exact) mass is 779 g/mol. The van der Waals surface area contributed by atoms with E-state index in [1.54, 1.807) is 0 Å². The molecule has 0 amide bonds. The van der Waals surface area contributed by atoms with Crippen LogP contribution >= 0.6 is 11.3 Å². The van der Waals surface area contributed by atoms with E-state index in [4.69, 9.17) is 0 Å². The van der Waals surface area contributed by atoms with Crippen molar-refractivity contribution in [1.82, 2.24) is 0 Å². The molecule has 0 saturated carbocycles. The summed E-state index contributed by atoms with van der Waals surface area (Å²) in [6.07, 6.45) is 0. The molecule has 2 aliphatic rings. The number of hydrogen-bond donors (Lipinski definition) is 0. The van der Waals surface area contributed by atoms with E-state index in [-0.39, 0.29) is 0 Å². The molecule has 0 N–H and O–H groups in total. The second kappa shape index (κ2) is 12.6. The number of aryl methyl sites for hydroxylation is 1. The SMILES string of the molecule is Cc1cccc2c1sc1c(N(c3ccc(-c4cccc5ccccc45)cc3)c3cccc4c3-c3ccccc3C43c4ccccc4-c4ccccc43)cc3ccccc3c12. The summed E-state index contributed by atoms with van der Waals surface area (Å²) in [5.41, 5.74) is 17.4. The number of fused-ring (bicyclic) bond motifs is 16. The minimum absolute atomic E-state index is 0.438. The minimum Gasteiger partial charge on any atom is -0.308 e. The summed E-state index contributed by atoms with van der Waals surface area (Å²) in [5.74, 6) is 0.